The highest BCUT2D eigenvalue weighted by Crippen LogP contribution is 2.32. The summed E-state index contributed by atoms with van der Waals surface area (Å²) in [4.78, 5) is 4.26. The Morgan fingerprint density at radius 2 is 1.95 bits per heavy atom. The lowest BCUT2D eigenvalue weighted by Gasteiger charge is -2.10. The highest BCUT2D eigenvalue weighted by atomic mass is 19.1. The van der Waals surface area contributed by atoms with Crippen LogP contribution in [0.1, 0.15) is 5.56 Å². The maximum absolute atomic E-state index is 13.8. The zero-order chi connectivity index (χ0) is 14.1. The van der Waals surface area contributed by atoms with Crippen LogP contribution in [0.15, 0.2) is 48.7 Å². The van der Waals surface area contributed by atoms with Gasteiger partial charge in [0.25, 0.3) is 0 Å². The molecule has 1 heterocycles. The number of benzene rings is 2. The third-order valence-electron chi connectivity index (χ3n) is 3.07. The van der Waals surface area contributed by atoms with Gasteiger partial charge in [-0.25, -0.2) is 4.39 Å². The fourth-order valence-electron chi connectivity index (χ4n) is 2.06. The van der Waals surface area contributed by atoms with E-state index in [1.165, 1.54) is 6.07 Å². The summed E-state index contributed by atoms with van der Waals surface area (Å²) in [7, 11) is 0. The minimum absolute atomic E-state index is 0.182. The van der Waals surface area contributed by atoms with Crippen LogP contribution in [0.25, 0.3) is 10.9 Å². The number of hydrogen-bond acceptors (Lipinski definition) is 3. The number of halogens is 1. The van der Waals surface area contributed by atoms with Crippen LogP contribution in [0.3, 0.4) is 0 Å². The maximum atomic E-state index is 13.8. The molecule has 0 atom stereocenters. The second-order valence-corrected chi connectivity index (χ2v) is 4.59. The van der Waals surface area contributed by atoms with Crippen molar-refractivity contribution in [3.63, 3.8) is 0 Å². The minimum atomic E-state index is -0.406. The summed E-state index contributed by atoms with van der Waals surface area (Å²) in [5.74, 6) is 0.262. The molecular weight excluding hydrogens is 255 g/mol. The van der Waals surface area contributed by atoms with E-state index >= 15 is 0 Å². The standard InChI is InChI=1S/C16H13FN2O/c1-10-4-5-12(17)15(9-10)20-14-7-6-13(18)11-3-2-8-19-16(11)14/h2-9H,18H2,1H3. The minimum Gasteiger partial charge on any atom is -0.452 e. The third-order valence-corrected chi connectivity index (χ3v) is 3.07. The number of ether oxygens (including phenoxy) is 1. The molecular formula is C16H13FN2O. The molecule has 0 bridgehead atoms. The van der Waals surface area contributed by atoms with E-state index in [1.54, 1.807) is 36.5 Å². The largest absolute Gasteiger partial charge is 0.452 e. The van der Waals surface area contributed by atoms with Crippen molar-refractivity contribution in [3.05, 3.63) is 60.0 Å². The van der Waals surface area contributed by atoms with Crippen molar-refractivity contribution in [1.29, 1.82) is 0 Å². The molecule has 1 aromatic heterocycles. The van der Waals surface area contributed by atoms with Crippen molar-refractivity contribution in [2.45, 2.75) is 6.92 Å². The summed E-state index contributed by atoms with van der Waals surface area (Å²) >= 11 is 0. The molecule has 0 radical (unpaired) electrons. The van der Waals surface area contributed by atoms with E-state index in [2.05, 4.69) is 4.98 Å². The number of nitrogens with two attached hydrogens (primary N) is 1. The van der Waals surface area contributed by atoms with Crippen LogP contribution < -0.4 is 10.5 Å². The van der Waals surface area contributed by atoms with Crippen molar-refractivity contribution in [3.8, 4) is 11.5 Å². The predicted molar refractivity (Wildman–Crippen MR) is 77.4 cm³/mol. The molecule has 0 fully saturated rings. The van der Waals surface area contributed by atoms with Gasteiger partial charge in [0, 0.05) is 17.3 Å². The Morgan fingerprint density at radius 1 is 1.10 bits per heavy atom. The van der Waals surface area contributed by atoms with E-state index in [9.17, 15) is 4.39 Å². The van der Waals surface area contributed by atoms with E-state index < -0.39 is 5.82 Å². The van der Waals surface area contributed by atoms with Gasteiger partial charge in [0.1, 0.15) is 5.52 Å². The fourth-order valence-corrected chi connectivity index (χ4v) is 2.06. The summed E-state index contributed by atoms with van der Waals surface area (Å²) in [6, 6.07) is 11.8. The lowest BCUT2D eigenvalue weighted by Crippen LogP contribution is -1.94. The Bertz CT molecular complexity index is 787. The topological polar surface area (TPSA) is 48.1 Å². The van der Waals surface area contributed by atoms with Crippen molar-refractivity contribution >= 4 is 16.6 Å². The molecule has 3 nitrogen and oxygen atoms in total. The number of aromatic nitrogens is 1. The predicted octanol–water partition coefficient (Wildman–Crippen LogP) is 4.06. The summed E-state index contributed by atoms with van der Waals surface area (Å²) in [6.07, 6.45) is 1.65. The van der Waals surface area contributed by atoms with E-state index in [0.717, 1.165) is 10.9 Å². The summed E-state index contributed by atoms with van der Waals surface area (Å²) in [5.41, 5.74) is 8.06. The number of aryl methyl sites for hydroxylation is 1. The number of nitrogen functional groups attached to an aromatic ring is 1. The van der Waals surface area contributed by atoms with Crippen LogP contribution in [0.5, 0.6) is 11.5 Å². The molecule has 0 saturated carbocycles. The van der Waals surface area contributed by atoms with Crippen LogP contribution in [0.2, 0.25) is 0 Å². The van der Waals surface area contributed by atoms with Gasteiger partial charge in [-0.15, -0.1) is 0 Å². The van der Waals surface area contributed by atoms with Gasteiger partial charge in [-0.2, -0.15) is 0 Å². The van der Waals surface area contributed by atoms with E-state index in [0.29, 0.717) is 17.0 Å². The smallest absolute Gasteiger partial charge is 0.165 e. The Labute approximate surface area is 115 Å². The van der Waals surface area contributed by atoms with Gasteiger partial charge in [-0.1, -0.05) is 6.07 Å². The van der Waals surface area contributed by atoms with E-state index in [-0.39, 0.29) is 5.75 Å². The maximum Gasteiger partial charge on any atom is 0.165 e. The Kier molecular flexibility index (Phi) is 2.99. The Morgan fingerprint density at radius 3 is 2.80 bits per heavy atom. The van der Waals surface area contributed by atoms with Crippen LogP contribution in [0.4, 0.5) is 10.1 Å². The SMILES string of the molecule is Cc1ccc(F)c(Oc2ccc(N)c3cccnc23)c1. The molecule has 0 unspecified atom stereocenters. The number of pyridine rings is 1. The van der Waals surface area contributed by atoms with Gasteiger partial charge in [0.05, 0.1) is 0 Å². The zero-order valence-electron chi connectivity index (χ0n) is 10.9. The van der Waals surface area contributed by atoms with Crippen molar-refractivity contribution in [2.75, 3.05) is 5.73 Å². The van der Waals surface area contributed by atoms with Crippen LogP contribution in [-0.2, 0) is 0 Å². The molecule has 3 rings (SSSR count). The molecule has 2 N–H and O–H groups in total. The first-order valence-electron chi connectivity index (χ1n) is 6.22. The molecule has 0 spiro atoms. The molecule has 100 valence electrons. The molecule has 0 aliphatic heterocycles. The van der Waals surface area contributed by atoms with Crippen molar-refractivity contribution in [1.82, 2.24) is 4.98 Å². The first kappa shape index (κ1) is 12.4. The molecule has 0 amide bonds. The molecule has 20 heavy (non-hydrogen) atoms. The first-order valence-corrected chi connectivity index (χ1v) is 6.22. The van der Waals surface area contributed by atoms with Gasteiger partial charge in [0.15, 0.2) is 17.3 Å². The average Bonchev–Trinajstić information content (AvgIpc) is 2.46. The Balaban J connectivity index is 2.11. The summed E-state index contributed by atoms with van der Waals surface area (Å²) in [5, 5.41) is 0.790. The lowest BCUT2D eigenvalue weighted by molar-refractivity contribution is 0.445. The van der Waals surface area contributed by atoms with Gasteiger partial charge in [-0.3, -0.25) is 4.98 Å². The average molecular weight is 268 g/mol. The lowest BCUT2D eigenvalue weighted by atomic mass is 10.1. The summed E-state index contributed by atoms with van der Waals surface area (Å²) in [6.45, 7) is 1.88. The molecule has 2 aromatic carbocycles. The first-order chi connectivity index (χ1) is 9.65. The number of fused-ring (bicyclic) bond motifs is 1. The Hall–Kier alpha value is -2.62. The van der Waals surface area contributed by atoms with Crippen molar-refractivity contribution < 1.29 is 9.13 Å². The molecule has 4 heteroatoms. The second kappa shape index (κ2) is 4.81. The highest BCUT2D eigenvalue weighted by molar-refractivity contribution is 5.94. The molecule has 0 aliphatic rings. The number of hydrogen-bond donors (Lipinski definition) is 1. The number of rotatable bonds is 2. The third kappa shape index (κ3) is 2.16. The monoisotopic (exact) mass is 268 g/mol. The van der Waals surface area contributed by atoms with Crippen molar-refractivity contribution in [2.24, 2.45) is 0 Å². The van der Waals surface area contributed by atoms with E-state index in [4.69, 9.17) is 10.5 Å². The van der Waals surface area contributed by atoms with Crippen LogP contribution in [0, 0.1) is 12.7 Å². The van der Waals surface area contributed by atoms with Gasteiger partial charge >= 0.3 is 0 Å². The normalized spacial score (nSPS) is 10.7. The highest BCUT2D eigenvalue weighted by Gasteiger charge is 2.10. The van der Waals surface area contributed by atoms with Gasteiger partial charge in [0.2, 0.25) is 0 Å². The molecule has 3 aromatic rings. The zero-order valence-corrected chi connectivity index (χ0v) is 10.9. The second-order valence-electron chi connectivity index (χ2n) is 4.59. The van der Waals surface area contributed by atoms with Crippen LogP contribution >= 0.6 is 0 Å². The quantitative estimate of drug-likeness (QED) is 0.713. The number of anilines is 1. The van der Waals surface area contributed by atoms with E-state index in [1.807, 2.05) is 13.0 Å². The van der Waals surface area contributed by atoms with Crippen LogP contribution in [-0.4, -0.2) is 4.98 Å². The van der Waals surface area contributed by atoms with Gasteiger partial charge in [-0.05, 0) is 48.9 Å². The summed E-state index contributed by atoms with van der Waals surface area (Å²) < 4.78 is 19.4. The van der Waals surface area contributed by atoms with Gasteiger partial charge < -0.3 is 10.5 Å². The number of nitrogens with zero attached hydrogens (tertiary/aromatic N) is 1. The molecule has 0 aliphatic carbocycles. The fraction of sp³-hybridized carbons (Fsp3) is 0.0625. The molecule has 0 saturated heterocycles.